The van der Waals surface area contributed by atoms with Gasteiger partial charge in [0.1, 0.15) is 12.2 Å². The molecule has 2 aliphatic carbocycles. The molecule has 1 saturated carbocycles. The lowest BCUT2D eigenvalue weighted by Crippen LogP contribution is -2.56. The molecule has 3 rings (SSSR count). The fourth-order valence-electron chi connectivity index (χ4n) is 5.25. The molecule has 1 saturated heterocycles. The Balaban J connectivity index is 1.93. The minimum absolute atomic E-state index is 0.0726. The first kappa shape index (κ1) is 20.6. The fraction of sp³-hybridized carbons (Fsp3) is 0.682. The number of esters is 3. The summed E-state index contributed by atoms with van der Waals surface area (Å²) in [7, 11) is 0. The van der Waals surface area contributed by atoms with Gasteiger partial charge in [-0.15, -0.1) is 0 Å². The summed E-state index contributed by atoms with van der Waals surface area (Å²) in [5, 5.41) is 0. The van der Waals surface area contributed by atoms with E-state index < -0.39 is 23.6 Å². The lowest BCUT2D eigenvalue weighted by molar-refractivity contribution is -0.170. The van der Waals surface area contributed by atoms with E-state index in [9.17, 15) is 14.4 Å². The Bertz CT molecular complexity index is 765. The van der Waals surface area contributed by atoms with Gasteiger partial charge in [0.25, 0.3) is 0 Å². The highest BCUT2D eigenvalue weighted by molar-refractivity contribution is 5.92. The third-order valence-corrected chi connectivity index (χ3v) is 7.03. The minimum atomic E-state index is -1.30. The van der Waals surface area contributed by atoms with E-state index in [2.05, 4.69) is 13.0 Å². The Morgan fingerprint density at radius 1 is 1.29 bits per heavy atom. The summed E-state index contributed by atoms with van der Waals surface area (Å²) in [4.78, 5) is 36.8. The number of carbonyl (C=O) groups is 3. The van der Waals surface area contributed by atoms with E-state index in [0.29, 0.717) is 18.4 Å². The van der Waals surface area contributed by atoms with Gasteiger partial charge in [-0.2, -0.15) is 0 Å². The minimum Gasteiger partial charge on any atom is -0.462 e. The van der Waals surface area contributed by atoms with Crippen LogP contribution in [0.25, 0.3) is 0 Å². The van der Waals surface area contributed by atoms with E-state index >= 15 is 0 Å². The maximum Gasteiger partial charge on any atom is 0.351 e. The molecule has 6 atom stereocenters. The zero-order valence-corrected chi connectivity index (χ0v) is 17.5. The first-order chi connectivity index (χ1) is 13.0. The van der Waals surface area contributed by atoms with Gasteiger partial charge in [0.05, 0.1) is 0 Å². The largest absolute Gasteiger partial charge is 0.462 e. The van der Waals surface area contributed by atoms with Gasteiger partial charge in [0, 0.05) is 36.2 Å². The molecule has 1 heterocycles. The van der Waals surface area contributed by atoms with Gasteiger partial charge in [-0.1, -0.05) is 24.6 Å². The van der Waals surface area contributed by atoms with E-state index in [1.807, 2.05) is 6.92 Å². The second kappa shape index (κ2) is 7.05. The highest BCUT2D eigenvalue weighted by Gasteiger charge is 2.65. The molecule has 0 N–H and O–H groups in total. The molecule has 28 heavy (non-hydrogen) atoms. The van der Waals surface area contributed by atoms with Gasteiger partial charge >= 0.3 is 17.9 Å². The summed E-state index contributed by atoms with van der Waals surface area (Å²) in [5.41, 5.74) is -0.0296. The summed E-state index contributed by atoms with van der Waals surface area (Å²) < 4.78 is 17.2. The molecule has 0 bridgehead atoms. The molecular weight excluding hydrogens is 360 g/mol. The molecule has 1 aliphatic heterocycles. The third kappa shape index (κ3) is 3.07. The van der Waals surface area contributed by atoms with Crippen molar-refractivity contribution in [1.82, 2.24) is 0 Å². The quantitative estimate of drug-likeness (QED) is 0.318. The normalized spacial score (nSPS) is 40.0. The first-order valence-electron chi connectivity index (χ1n) is 9.95. The van der Waals surface area contributed by atoms with Crippen LogP contribution in [0.5, 0.6) is 0 Å². The maximum absolute atomic E-state index is 12.8. The smallest absolute Gasteiger partial charge is 0.351 e. The van der Waals surface area contributed by atoms with Crippen molar-refractivity contribution in [2.45, 2.75) is 78.6 Å². The molecule has 0 radical (unpaired) electrons. The maximum atomic E-state index is 12.8. The fourth-order valence-corrected chi connectivity index (χ4v) is 5.25. The van der Waals surface area contributed by atoms with Crippen LogP contribution in [0.2, 0.25) is 0 Å². The molecule has 6 heteroatoms. The van der Waals surface area contributed by atoms with Crippen molar-refractivity contribution in [3.63, 3.8) is 0 Å². The number of rotatable bonds is 3. The van der Waals surface area contributed by atoms with Crippen molar-refractivity contribution in [2.24, 2.45) is 17.3 Å². The Morgan fingerprint density at radius 3 is 2.57 bits per heavy atom. The molecule has 0 spiro atoms. The van der Waals surface area contributed by atoms with Gasteiger partial charge in [0.2, 0.25) is 5.60 Å². The number of hydrogen-bond acceptors (Lipinski definition) is 6. The Hall–Kier alpha value is -2.11. The van der Waals surface area contributed by atoms with E-state index in [1.54, 1.807) is 26.8 Å². The highest BCUT2D eigenvalue weighted by Crippen LogP contribution is 2.58. The average molecular weight is 390 g/mol. The van der Waals surface area contributed by atoms with E-state index in [1.165, 1.54) is 6.92 Å². The molecule has 0 amide bonds. The van der Waals surface area contributed by atoms with Gasteiger partial charge in [0.15, 0.2) is 0 Å². The number of carbonyl (C=O) groups excluding carboxylic acids is 3. The monoisotopic (exact) mass is 390 g/mol. The number of ether oxygens (including phenoxy) is 3. The molecule has 2 fully saturated rings. The molecule has 154 valence electrons. The Labute approximate surface area is 166 Å². The van der Waals surface area contributed by atoms with Gasteiger partial charge in [-0.05, 0) is 40.5 Å². The third-order valence-electron chi connectivity index (χ3n) is 7.03. The van der Waals surface area contributed by atoms with E-state index in [4.69, 9.17) is 14.2 Å². The lowest BCUT2D eigenvalue weighted by Gasteiger charge is -2.52. The highest BCUT2D eigenvalue weighted by atomic mass is 16.6. The van der Waals surface area contributed by atoms with Crippen LogP contribution in [0.15, 0.2) is 23.3 Å². The molecule has 0 aromatic heterocycles. The average Bonchev–Trinajstić information content (AvgIpc) is 2.86. The van der Waals surface area contributed by atoms with E-state index in [0.717, 1.165) is 12.0 Å². The molecular formula is C22H30O6. The zero-order chi connectivity index (χ0) is 20.9. The van der Waals surface area contributed by atoms with Gasteiger partial charge in [-0.3, -0.25) is 4.79 Å². The van der Waals surface area contributed by atoms with Crippen LogP contribution in [0.4, 0.5) is 0 Å². The SMILES string of the molecule is C/C=C(\C)C(=O)O[C@]1(C)C(=O)O[C@@H]2[C@H]1CC[C@]1(C)[C@H](OC(C)=O)CC=C(C)[C@@H]21. The summed E-state index contributed by atoms with van der Waals surface area (Å²) in [6.45, 7) is 10.7. The van der Waals surface area contributed by atoms with Crippen LogP contribution >= 0.6 is 0 Å². The van der Waals surface area contributed by atoms with Crippen molar-refractivity contribution in [3.8, 4) is 0 Å². The van der Waals surface area contributed by atoms with Crippen LogP contribution in [0, 0.1) is 17.3 Å². The van der Waals surface area contributed by atoms with Crippen molar-refractivity contribution in [2.75, 3.05) is 0 Å². The van der Waals surface area contributed by atoms with Crippen molar-refractivity contribution in [3.05, 3.63) is 23.3 Å². The second-order valence-corrected chi connectivity index (χ2v) is 8.75. The summed E-state index contributed by atoms with van der Waals surface area (Å²) in [5.74, 6) is -1.59. The predicted octanol–water partition coefficient (Wildman–Crippen LogP) is 3.49. The topological polar surface area (TPSA) is 78.9 Å². The predicted molar refractivity (Wildman–Crippen MR) is 102 cm³/mol. The van der Waals surface area contributed by atoms with Gasteiger partial charge in [-0.25, -0.2) is 9.59 Å². The Kier molecular flexibility index (Phi) is 5.19. The van der Waals surface area contributed by atoms with Crippen LogP contribution in [0.1, 0.15) is 60.8 Å². The van der Waals surface area contributed by atoms with Crippen molar-refractivity contribution in [1.29, 1.82) is 0 Å². The molecule has 6 nitrogen and oxygen atoms in total. The van der Waals surface area contributed by atoms with Crippen molar-refractivity contribution >= 4 is 17.9 Å². The number of hydrogen-bond donors (Lipinski definition) is 0. The van der Waals surface area contributed by atoms with E-state index in [-0.39, 0.29) is 29.3 Å². The zero-order valence-electron chi connectivity index (χ0n) is 17.5. The summed E-state index contributed by atoms with van der Waals surface area (Å²) in [6, 6.07) is 0. The van der Waals surface area contributed by atoms with Crippen LogP contribution < -0.4 is 0 Å². The standard InChI is InChI=1S/C22H30O6/c1-7-12(2)19(24)28-22(6)15-10-11-21(5)16(26-14(4)23)9-8-13(3)17(21)18(15)27-20(22)25/h7-8,15-18H,9-11H2,1-6H3/b12-7+/t15-,16-,17+,18-,21-,22+/m1/s1. The summed E-state index contributed by atoms with van der Waals surface area (Å²) >= 11 is 0. The van der Waals surface area contributed by atoms with Crippen LogP contribution in [0.3, 0.4) is 0 Å². The molecule has 0 aromatic rings. The number of allylic oxidation sites excluding steroid dienone is 1. The first-order valence-corrected chi connectivity index (χ1v) is 9.95. The van der Waals surface area contributed by atoms with Crippen molar-refractivity contribution < 1.29 is 28.6 Å². The number of fused-ring (bicyclic) bond motifs is 3. The summed E-state index contributed by atoms with van der Waals surface area (Å²) in [6.07, 6.45) is 5.17. The molecule has 0 aromatic carbocycles. The van der Waals surface area contributed by atoms with Gasteiger partial charge < -0.3 is 14.2 Å². The second-order valence-electron chi connectivity index (χ2n) is 8.75. The molecule has 0 unspecified atom stereocenters. The van der Waals surface area contributed by atoms with Crippen LogP contribution in [-0.2, 0) is 28.6 Å². The van der Waals surface area contributed by atoms with Crippen LogP contribution in [-0.4, -0.2) is 35.7 Å². The Morgan fingerprint density at radius 2 is 1.96 bits per heavy atom. The molecule has 3 aliphatic rings. The lowest BCUT2D eigenvalue weighted by atomic mass is 9.54.